The molecule has 0 saturated carbocycles. The third-order valence-corrected chi connectivity index (χ3v) is 4.60. The summed E-state index contributed by atoms with van der Waals surface area (Å²) in [6, 6.07) is 19.9. The van der Waals surface area contributed by atoms with Crippen LogP contribution in [0.4, 0.5) is 5.69 Å². The van der Waals surface area contributed by atoms with Crippen LogP contribution in [0.1, 0.15) is 16.1 Å². The maximum Gasteiger partial charge on any atom is 0.291 e. The van der Waals surface area contributed by atoms with E-state index in [0.29, 0.717) is 24.4 Å². The molecule has 8 nitrogen and oxygen atoms in total. The summed E-state index contributed by atoms with van der Waals surface area (Å²) in [5.41, 5.74) is 2.55. The number of nitrogens with one attached hydrogen (secondary N) is 2. The second-order valence-corrected chi connectivity index (χ2v) is 6.98. The molecule has 162 valence electrons. The third-order valence-electron chi connectivity index (χ3n) is 4.60. The van der Waals surface area contributed by atoms with Gasteiger partial charge in [0.1, 0.15) is 5.75 Å². The first-order valence-corrected chi connectivity index (χ1v) is 10.1. The Labute approximate surface area is 184 Å². The van der Waals surface area contributed by atoms with E-state index in [0.717, 1.165) is 11.3 Å². The summed E-state index contributed by atoms with van der Waals surface area (Å²) in [5, 5.41) is 9.90. The summed E-state index contributed by atoms with van der Waals surface area (Å²) >= 11 is 0. The summed E-state index contributed by atoms with van der Waals surface area (Å²) in [6.45, 7) is 0.348. The molecule has 4 rings (SSSR count). The van der Waals surface area contributed by atoms with Crippen molar-refractivity contribution in [2.24, 2.45) is 0 Å². The van der Waals surface area contributed by atoms with Crippen LogP contribution in [0.25, 0.3) is 5.69 Å². The highest BCUT2D eigenvalue weighted by molar-refractivity contribution is 6.02. The van der Waals surface area contributed by atoms with Gasteiger partial charge >= 0.3 is 0 Å². The van der Waals surface area contributed by atoms with Gasteiger partial charge in [-0.15, -0.1) is 0 Å². The first kappa shape index (κ1) is 20.9. The van der Waals surface area contributed by atoms with E-state index in [9.17, 15) is 9.59 Å². The van der Waals surface area contributed by atoms with Gasteiger partial charge < -0.3 is 19.8 Å². The number of benzene rings is 2. The molecule has 0 radical (unpaired) electrons. The van der Waals surface area contributed by atoms with Crippen molar-refractivity contribution in [3.8, 4) is 11.4 Å². The van der Waals surface area contributed by atoms with Gasteiger partial charge in [0.15, 0.2) is 12.4 Å². The normalized spacial score (nSPS) is 10.5. The highest BCUT2D eigenvalue weighted by atomic mass is 16.5. The maximum atomic E-state index is 12.1. The number of anilines is 1. The SMILES string of the molecule is O=C(COc1cccc(NC(=O)c2ccco2)c1)NCCc1cnn(-c2ccccc2)c1. The zero-order valence-corrected chi connectivity index (χ0v) is 17.2. The minimum absolute atomic E-state index is 0.126. The van der Waals surface area contributed by atoms with Crippen LogP contribution >= 0.6 is 0 Å². The van der Waals surface area contributed by atoms with Crippen molar-refractivity contribution in [1.29, 1.82) is 0 Å². The van der Waals surface area contributed by atoms with E-state index in [1.165, 1.54) is 6.26 Å². The molecule has 0 fully saturated rings. The molecule has 4 aromatic rings. The predicted molar refractivity (Wildman–Crippen MR) is 119 cm³/mol. The van der Waals surface area contributed by atoms with Crippen LogP contribution < -0.4 is 15.4 Å². The lowest BCUT2D eigenvalue weighted by Crippen LogP contribution is -2.30. The van der Waals surface area contributed by atoms with Gasteiger partial charge in [-0.3, -0.25) is 9.59 Å². The van der Waals surface area contributed by atoms with Gasteiger partial charge in [0.05, 0.1) is 18.1 Å². The second kappa shape index (κ2) is 10.1. The Kier molecular flexibility index (Phi) is 6.62. The molecule has 2 aromatic heterocycles. The summed E-state index contributed by atoms with van der Waals surface area (Å²) < 4.78 is 12.4. The van der Waals surface area contributed by atoms with Crippen molar-refractivity contribution in [1.82, 2.24) is 15.1 Å². The Balaban J connectivity index is 1.21. The monoisotopic (exact) mass is 430 g/mol. The van der Waals surface area contributed by atoms with E-state index in [1.54, 1.807) is 47.3 Å². The highest BCUT2D eigenvalue weighted by Gasteiger charge is 2.10. The number of furan rings is 1. The molecule has 2 amide bonds. The van der Waals surface area contributed by atoms with Gasteiger partial charge in [-0.2, -0.15) is 5.10 Å². The predicted octanol–water partition coefficient (Wildman–Crippen LogP) is 3.46. The summed E-state index contributed by atoms with van der Waals surface area (Å²) in [7, 11) is 0. The second-order valence-electron chi connectivity index (χ2n) is 6.98. The van der Waals surface area contributed by atoms with Crippen LogP contribution in [0.5, 0.6) is 5.75 Å². The average molecular weight is 430 g/mol. The van der Waals surface area contributed by atoms with Crippen molar-refractivity contribution in [2.45, 2.75) is 6.42 Å². The summed E-state index contributed by atoms with van der Waals surface area (Å²) in [6.07, 6.45) is 5.83. The van der Waals surface area contributed by atoms with E-state index >= 15 is 0 Å². The summed E-state index contributed by atoms with van der Waals surface area (Å²) in [4.78, 5) is 24.2. The number of ether oxygens (including phenoxy) is 1. The number of carbonyl (C=O) groups excluding carboxylic acids is 2. The molecule has 0 atom stereocenters. The number of carbonyl (C=O) groups is 2. The number of amides is 2. The molecule has 8 heteroatoms. The molecule has 2 N–H and O–H groups in total. The quantitative estimate of drug-likeness (QED) is 0.424. The number of aromatic nitrogens is 2. The lowest BCUT2D eigenvalue weighted by Gasteiger charge is -2.09. The number of hydrogen-bond acceptors (Lipinski definition) is 5. The van der Waals surface area contributed by atoms with Crippen LogP contribution in [-0.2, 0) is 11.2 Å². The van der Waals surface area contributed by atoms with Crippen LogP contribution in [0.3, 0.4) is 0 Å². The van der Waals surface area contributed by atoms with E-state index in [2.05, 4.69) is 15.7 Å². The Morgan fingerprint density at radius 2 is 1.91 bits per heavy atom. The molecule has 0 aliphatic carbocycles. The molecule has 32 heavy (non-hydrogen) atoms. The molecular formula is C24H22N4O4. The molecule has 0 bridgehead atoms. The Bertz CT molecular complexity index is 1170. The largest absolute Gasteiger partial charge is 0.484 e. The van der Waals surface area contributed by atoms with Crippen LogP contribution in [-0.4, -0.2) is 34.7 Å². The lowest BCUT2D eigenvalue weighted by atomic mass is 10.2. The van der Waals surface area contributed by atoms with Crippen molar-refractivity contribution in [3.05, 3.63) is 96.7 Å². The minimum Gasteiger partial charge on any atom is -0.484 e. The topological polar surface area (TPSA) is 98.4 Å². The van der Waals surface area contributed by atoms with E-state index in [1.807, 2.05) is 36.5 Å². The standard InChI is InChI=1S/C24H22N4O4/c29-23(25-12-11-18-15-26-28(16-18)20-7-2-1-3-8-20)17-32-21-9-4-6-19(14-21)27-24(30)22-10-5-13-31-22/h1-10,13-16H,11-12,17H2,(H,25,29)(H,27,30). The smallest absolute Gasteiger partial charge is 0.291 e. The molecule has 2 heterocycles. The van der Waals surface area contributed by atoms with Gasteiger partial charge in [0.2, 0.25) is 0 Å². The number of hydrogen-bond donors (Lipinski definition) is 2. The van der Waals surface area contributed by atoms with Crippen LogP contribution in [0.15, 0.2) is 89.8 Å². The van der Waals surface area contributed by atoms with Crippen molar-refractivity contribution in [3.63, 3.8) is 0 Å². The Morgan fingerprint density at radius 3 is 2.72 bits per heavy atom. The first-order chi connectivity index (χ1) is 15.7. The molecule has 0 aliphatic rings. The van der Waals surface area contributed by atoms with Gasteiger partial charge in [0, 0.05) is 24.5 Å². The number of para-hydroxylation sites is 1. The fraction of sp³-hybridized carbons (Fsp3) is 0.125. The van der Waals surface area contributed by atoms with Gasteiger partial charge in [0.25, 0.3) is 11.8 Å². The van der Waals surface area contributed by atoms with Crippen molar-refractivity contribution < 1.29 is 18.7 Å². The number of nitrogens with zero attached hydrogens (tertiary/aromatic N) is 2. The van der Waals surface area contributed by atoms with E-state index in [-0.39, 0.29) is 24.2 Å². The first-order valence-electron chi connectivity index (χ1n) is 10.1. The highest BCUT2D eigenvalue weighted by Crippen LogP contribution is 2.18. The zero-order valence-electron chi connectivity index (χ0n) is 17.2. The maximum absolute atomic E-state index is 12.1. The van der Waals surface area contributed by atoms with E-state index < -0.39 is 0 Å². The molecule has 0 saturated heterocycles. The Hall–Kier alpha value is -4.33. The summed E-state index contributed by atoms with van der Waals surface area (Å²) in [5.74, 6) is 0.0949. The van der Waals surface area contributed by atoms with Crippen molar-refractivity contribution >= 4 is 17.5 Å². The third kappa shape index (κ3) is 5.63. The molecule has 0 aliphatic heterocycles. The van der Waals surface area contributed by atoms with Gasteiger partial charge in [-0.25, -0.2) is 4.68 Å². The van der Waals surface area contributed by atoms with Crippen LogP contribution in [0.2, 0.25) is 0 Å². The molecule has 0 spiro atoms. The number of rotatable bonds is 9. The van der Waals surface area contributed by atoms with Gasteiger partial charge in [-0.05, 0) is 48.4 Å². The molecule has 0 unspecified atom stereocenters. The molecule has 2 aromatic carbocycles. The molecular weight excluding hydrogens is 408 g/mol. The lowest BCUT2D eigenvalue weighted by molar-refractivity contribution is -0.123. The van der Waals surface area contributed by atoms with Gasteiger partial charge in [-0.1, -0.05) is 24.3 Å². The van der Waals surface area contributed by atoms with Crippen LogP contribution in [0, 0.1) is 0 Å². The zero-order chi connectivity index (χ0) is 22.2. The minimum atomic E-state index is -0.361. The van der Waals surface area contributed by atoms with Crippen molar-refractivity contribution in [2.75, 3.05) is 18.5 Å². The average Bonchev–Trinajstić information content (AvgIpc) is 3.51. The fourth-order valence-electron chi connectivity index (χ4n) is 3.02. The Morgan fingerprint density at radius 1 is 1.03 bits per heavy atom. The van der Waals surface area contributed by atoms with E-state index in [4.69, 9.17) is 9.15 Å². The fourth-order valence-corrected chi connectivity index (χ4v) is 3.02.